The molecule has 1 amide bonds. The molecule has 0 fully saturated rings. The third-order valence-electron chi connectivity index (χ3n) is 4.48. The number of amides is 1. The Balaban J connectivity index is 1.75. The second kappa shape index (κ2) is 8.37. The molecule has 4 aromatic rings. The maximum atomic E-state index is 14.3. The molecule has 4 rings (SSSR count). The van der Waals surface area contributed by atoms with Gasteiger partial charge in [-0.05, 0) is 42.0 Å². The molecular formula is C21H16F4N6O2. The van der Waals surface area contributed by atoms with E-state index in [2.05, 4.69) is 15.1 Å². The number of nitrogens with two attached hydrogens (primary N) is 1. The van der Waals surface area contributed by atoms with Gasteiger partial charge in [-0.2, -0.15) is 18.2 Å². The number of alkyl halides is 3. The number of fused-ring (bicyclic) bond motifs is 1. The number of halogens is 4. The molecule has 0 aliphatic rings. The average Bonchev–Trinajstić information content (AvgIpc) is 3.16. The van der Waals surface area contributed by atoms with Gasteiger partial charge in [0.1, 0.15) is 11.4 Å². The Morgan fingerprint density at radius 2 is 2.09 bits per heavy atom. The molecule has 0 spiro atoms. The van der Waals surface area contributed by atoms with Crippen LogP contribution in [-0.2, 0) is 12.7 Å². The van der Waals surface area contributed by atoms with Crippen LogP contribution in [0.15, 0.2) is 48.8 Å². The van der Waals surface area contributed by atoms with Gasteiger partial charge in [0.05, 0.1) is 19.5 Å². The van der Waals surface area contributed by atoms with Crippen LogP contribution in [-0.4, -0.2) is 32.5 Å². The third kappa shape index (κ3) is 4.54. The van der Waals surface area contributed by atoms with E-state index in [9.17, 15) is 22.4 Å². The summed E-state index contributed by atoms with van der Waals surface area (Å²) in [6.45, 7) is -3.16. The molecule has 8 nitrogen and oxygen atoms in total. The lowest BCUT2D eigenvalue weighted by atomic mass is 10.1. The number of carbonyl (C=O) groups is 1. The van der Waals surface area contributed by atoms with E-state index in [-0.39, 0.29) is 17.6 Å². The van der Waals surface area contributed by atoms with Gasteiger partial charge < -0.3 is 15.8 Å². The van der Waals surface area contributed by atoms with Gasteiger partial charge in [-0.1, -0.05) is 0 Å². The van der Waals surface area contributed by atoms with Gasteiger partial charge in [0.25, 0.3) is 5.91 Å². The largest absolute Gasteiger partial charge is 0.480 e. The van der Waals surface area contributed by atoms with Crippen molar-refractivity contribution >= 4 is 17.5 Å². The quantitative estimate of drug-likeness (QED) is 0.437. The first-order valence-electron chi connectivity index (χ1n) is 11.5. The van der Waals surface area contributed by atoms with Crippen molar-refractivity contribution in [3.63, 3.8) is 0 Å². The highest BCUT2D eigenvalue weighted by molar-refractivity contribution is 5.97. The van der Waals surface area contributed by atoms with Gasteiger partial charge in [0, 0.05) is 30.0 Å². The normalized spacial score (nSPS) is 14.6. The monoisotopic (exact) mass is 465 g/mol. The minimum absolute atomic E-state index is 0.00850. The SMILES string of the molecule is [2H]C([2H])([2H])Oc1ncc(-c2ccn3nc(N)nc3c2)cc1C(=O)NC([2H])([2H])c1cc(C(F)(F)F)ccc1F. The van der Waals surface area contributed by atoms with E-state index in [0.717, 1.165) is 6.07 Å². The fourth-order valence-corrected chi connectivity index (χ4v) is 2.92. The summed E-state index contributed by atoms with van der Waals surface area (Å²) in [6.07, 6.45) is -2.24. The fourth-order valence-electron chi connectivity index (χ4n) is 2.92. The molecule has 3 heterocycles. The van der Waals surface area contributed by atoms with E-state index < -0.39 is 54.0 Å². The summed E-state index contributed by atoms with van der Waals surface area (Å²) in [5.74, 6) is -3.42. The van der Waals surface area contributed by atoms with Crippen LogP contribution >= 0.6 is 0 Å². The van der Waals surface area contributed by atoms with Crippen molar-refractivity contribution in [2.75, 3.05) is 12.8 Å². The number of methoxy groups -OCH3 is 1. The number of carbonyl (C=O) groups excluding carboxylic acids is 1. The van der Waals surface area contributed by atoms with Gasteiger partial charge in [0.15, 0.2) is 5.65 Å². The molecule has 33 heavy (non-hydrogen) atoms. The first kappa shape index (κ1) is 16.4. The zero-order valence-electron chi connectivity index (χ0n) is 21.3. The maximum absolute atomic E-state index is 14.3. The van der Waals surface area contributed by atoms with Gasteiger partial charge >= 0.3 is 6.18 Å². The molecule has 1 aromatic carbocycles. The van der Waals surface area contributed by atoms with Crippen molar-refractivity contribution < 1.29 is 33.9 Å². The Bertz CT molecular complexity index is 1540. The number of pyridine rings is 2. The minimum atomic E-state index is -4.91. The number of aromatic nitrogens is 4. The number of nitrogens with one attached hydrogen (secondary N) is 1. The van der Waals surface area contributed by atoms with Crippen molar-refractivity contribution in [3.05, 3.63) is 71.3 Å². The molecule has 0 unspecified atom stereocenters. The highest BCUT2D eigenvalue weighted by atomic mass is 19.4. The number of hydrogen-bond acceptors (Lipinski definition) is 6. The molecule has 0 aliphatic heterocycles. The van der Waals surface area contributed by atoms with E-state index in [4.69, 9.17) is 17.3 Å². The predicted octanol–water partition coefficient (Wildman–Crippen LogP) is 3.47. The van der Waals surface area contributed by atoms with Crippen LogP contribution in [0.2, 0.25) is 0 Å². The number of hydrogen-bond donors (Lipinski definition) is 2. The van der Waals surface area contributed by atoms with Crippen LogP contribution < -0.4 is 15.8 Å². The van der Waals surface area contributed by atoms with Gasteiger partial charge in [0.2, 0.25) is 11.8 Å². The topological polar surface area (TPSA) is 107 Å². The van der Waals surface area contributed by atoms with Gasteiger partial charge in [-0.25, -0.2) is 13.9 Å². The lowest BCUT2D eigenvalue weighted by Gasteiger charge is -2.12. The van der Waals surface area contributed by atoms with Crippen molar-refractivity contribution in [2.45, 2.75) is 12.7 Å². The summed E-state index contributed by atoms with van der Waals surface area (Å²) in [5, 5.41) is 5.71. The number of anilines is 1. The highest BCUT2D eigenvalue weighted by Crippen LogP contribution is 2.30. The van der Waals surface area contributed by atoms with Crippen molar-refractivity contribution in [1.29, 1.82) is 0 Å². The zero-order chi connectivity index (χ0) is 28.0. The van der Waals surface area contributed by atoms with Crippen molar-refractivity contribution in [2.24, 2.45) is 0 Å². The average molecular weight is 465 g/mol. The zero-order valence-corrected chi connectivity index (χ0v) is 16.3. The lowest BCUT2D eigenvalue weighted by Crippen LogP contribution is -2.24. The second-order valence-corrected chi connectivity index (χ2v) is 6.64. The molecule has 0 aliphatic carbocycles. The number of nitrogens with zero attached hydrogens (tertiary/aromatic N) is 4. The van der Waals surface area contributed by atoms with Crippen LogP contribution in [0, 0.1) is 5.82 Å². The summed E-state index contributed by atoms with van der Waals surface area (Å²) in [7, 11) is -3.06. The summed E-state index contributed by atoms with van der Waals surface area (Å²) >= 11 is 0. The Labute approximate surface area is 191 Å². The third-order valence-corrected chi connectivity index (χ3v) is 4.48. The van der Waals surface area contributed by atoms with Gasteiger partial charge in [-0.3, -0.25) is 4.79 Å². The van der Waals surface area contributed by atoms with Crippen LogP contribution in [0.4, 0.5) is 23.5 Å². The van der Waals surface area contributed by atoms with Crippen LogP contribution in [0.25, 0.3) is 16.8 Å². The highest BCUT2D eigenvalue weighted by Gasteiger charge is 2.31. The molecule has 12 heteroatoms. The Morgan fingerprint density at radius 1 is 1.27 bits per heavy atom. The molecule has 0 saturated carbocycles. The Hall–Kier alpha value is -4.22. The number of benzene rings is 1. The molecule has 0 bridgehead atoms. The van der Waals surface area contributed by atoms with Crippen LogP contribution in [0.1, 0.15) is 28.3 Å². The smallest absolute Gasteiger partial charge is 0.416 e. The lowest BCUT2D eigenvalue weighted by molar-refractivity contribution is -0.137. The van der Waals surface area contributed by atoms with Crippen LogP contribution in [0.3, 0.4) is 0 Å². The summed E-state index contributed by atoms with van der Waals surface area (Å²) in [6, 6.07) is 5.25. The molecule has 0 radical (unpaired) electrons. The van der Waals surface area contributed by atoms with Crippen molar-refractivity contribution in [1.82, 2.24) is 24.9 Å². The predicted molar refractivity (Wildman–Crippen MR) is 110 cm³/mol. The first-order valence-corrected chi connectivity index (χ1v) is 9.04. The Kier molecular flexibility index (Phi) is 4.17. The number of ether oxygens (including phenoxy) is 1. The van der Waals surface area contributed by atoms with Crippen molar-refractivity contribution in [3.8, 4) is 17.0 Å². The standard InChI is InChI=1S/C21H16F4N6O2/c1-33-19-15(18(32)27-10-13-6-14(21(23,24)25)2-3-16(13)22)7-12(9-28-19)11-4-5-31-17(8-11)29-20(26)30-31/h2-9H,10H2,1H3,(H2,26,30)(H,27,32)/i1D3,10D2. The van der Waals surface area contributed by atoms with Gasteiger partial charge in [-0.15, -0.1) is 5.10 Å². The van der Waals surface area contributed by atoms with E-state index in [1.54, 1.807) is 11.4 Å². The van der Waals surface area contributed by atoms with E-state index >= 15 is 0 Å². The second-order valence-electron chi connectivity index (χ2n) is 6.64. The van der Waals surface area contributed by atoms with E-state index in [0.29, 0.717) is 23.3 Å². The maximum Gasteiger partial charge on any atom is 0.416 e. The van der Waals surface area contributed by atoms with Crippen LogP contribution in [0.5, 0.6) is 5.88 Å². The van der Waals surface area contributed by atoms with E-state index in [1.165, 1.54) is 23.0 Å². The summed E-state index contributed by atoms with van der Waals surface area (Å²) < 4.78 is 97.9. The first-order chi connectivity index (χ1) is 17.5. The number of rotatable bonds is 5. The summed E-state index contributed by atoms with van der Waals surface area (Å²) in [5.41, 5.74) is 3.51. The molecule has 3 N–H and O–H groups in total. The van der Waals surface area contributed by atoms with E-state index in [1.807, 2.05) is 0 Å². The molecule has 0 saturated heterocycles. The molecule has 3 aromatic heterocycles. The molecular weight excluding hydrogens is 444 g/mol. The summed E-state index contributed by atoms with van der Waals surface area (Å²) in [4.78, 5) is 21.0. The molecule has 0 atom stereocenters. The fraction of sp³-hybridized carbons (Fsp3) is 0.143. The number of nitrogen functional groups attached to an aromatic ring is 1. The minimum Gasteiger partial charge on any atom is -0.480 e. The molecule has 170 valence electrons. The Morgan fingerprint density at radius 3 is 2.85 bits per heavy atom.